The van der Waals surface area contributed by atoms with E-state index in [9.17, 15) is 17.6 Å². The zero-order chi connectivity index (χ0) is 19.3. The zero-order valence-electron chi connectivity index (χ0n) is 15.7. The number of hydrogen-bond acceptors (Lipinski definition) is 4. The maximum atomic E-state index is 13.9. The molecule has 1 aromatic rings. The summed E-state index contributed by atoms with van der Waals surface area (Å²) in [6.45, 7) is 6.20. The van der Waals surface area contributed by atoms with Crippen LogP contribution < -0.4 is 4.90 Å². The van der Waals surface area contributed by atoms with Crippen molar-refractivity contribution < 1.29 is 17.6 Å². The lowest BCUT2D eigenvalue weighted by atomic mass is 10.1. The van der Waals surface area contributed by atoms with E-state index in [2.05, 4.69) is 0 Å². The molecular formula is C18H28FN3O3S. The third-order valence-corrected chi connectivity index (χ3v) is 5.81. The summed E-state index contributed by atoms with van der Waals surface area (Å²) in [7, 11) is -3.43. The molecule has 0 radical (unpaired) electrons. The molecule has 1 amide bonds. The van der Waals surface area contributed by atoms with Gasteiger partial charge in [0.05, 0.1) is 18.5 Å². The number of hydrogen-bond donors (Lipinski definition) is 0. The van der Waals surface area contributed by atoms with E-state index in [-0.39, 0.29) is 18.3 Å². The zero-order valence-corrected chi connectivity index (χ0v) is 16.5. The summed E-state index contributed by atoms with van der Waals surface area (Å²) in [5, 5.41) is 0. The van der Waals surface area contributed by atoms with Gasteiger partial charge in [-0.15, -0.1) is 0 Å². The van der Waals surface area contributed by atoms with Gasteiger partial charge in [0.25, 0.3) is 0 Å². The maximum absolute atomic E-state index is 13.9. The third-order valence-electron chi connectivity index (χ3n) is 4.56. The Morgan fingerprint density at radius 2 is 1.81 bits per heavy atom. The summed E-state index contributed by atoms with van der Waals surface area (Å²) in [5.74, 6) is -0.116. The average Bonchev–Trinajstić information content (AvgIpc) is 2.58. The fourth-order valence-corrected chi connectivity index (χ4v) is 3.70. The van der Waals surface area contributed by atoms with Gasteiger partial charge in [0.2, 0.25) is 15.9 Å². The standard InChI is InChI=1S/C18H28FN3O3S/c1-15(2)8-9-22(26(3,24)25)14-18(23)21-12-10-20(11-13-21)17-7-5-4-6-16(17)19/h4-7,15H,8-14H2,1-3H3. The van der Waals surface area contributed by atoms with Gasteiger partial charge in [-0.05, 0) is 24.5 Å². The quantitative estimate of drug-likeness (QED) is 0.718. The molecule has 0 unspecified atom stereocenters. The topological polar surface area (TPSA) is 60.9 Å². The van der Waals surface area contributed by atoms with E-state index in [0.29, 0.717) is 50.7 Å². The van der Waals surface area contributed by atoms with Crippen LogP contribution in [0.4, 0.5) is 10.1 Å². The maximum Gasteiger partial charge on any atom is 0.238 e. The van der Waals surface area contributed by atoms with E-state index in [1.165, 1.54) is 10.4 Å². The number of carbonyl (C=O) groups excluding carboxylic acids is 1. The van der Waals surface area contributed by atoms with Crippen LogP contribution in [0.1, 0.15) is 20.3 Å². The molecule has 0 aromatic heterocycles. The van der Waals surface area contributed by atoms with Crippen LogP contribution in [0.2, 0.25) is 0 Å². The minimum Gasteiger partial charge on any atom is -0.366 e. The van der Waals surface area contributed by atoms with Crippen molar-refractivity contribution in [1.29, 1.82) is 0 Å². The Morgan fingerprint density at radius 3 is 2.35 bits per heavy atom. The number of anilines is 1. The van der Waals surface area contributed by atoms with Crippen LogP contribution in [-0.4, -0.2) is 69.1 Å². The van der Waals surface area contributed by atoms with Gasteiger partial charge in [-0.25, -0.2) is 12.8 Å². The Balaban J connectivity index is 1.93. The van der Waals surface area contributed by atoms with Gasteiger partial charge in [0.1, 0.15) is 5.82 Å². The van der Waals surface area contributed by atoms with Crippen LogP contribution in [-0.2, 0) is 14.8 Å². The van der Waals surface area contributed by atoms with Gasteiger partial charge < -0.3 is 9.80 Å². The number of nitrogens with zero attached hydrogens (tertiary/aromatic N) is 3. The molecule has 0 bridgehead atoms. The number of para-hydroxylation sites is 1. The Morgan fingerprint density at radius 1 is 1.19 bits per heavy atom. The first-order valence-electron chi connectivity index (χ1n) is 8.91. The second-order valence-electron chi connectivity index (χ2n) is 7.10. The molecule has 1 heterocycles. The van der Waals surface area contributed by atoms with E-state index in [4.69, 9.17) is 0 Å². The number of benzene rings is 1. The lowest BCUT2D eigenvalue weighted by Gasteiger charge is -2.37. The van der Waals surface area contributed by atoms with Gasteiger partial charge in [0.15, 0.2) is 0 Å². The highest BCUT2D eigenvalue weighted by atomic mass is 32.2. The van der Waals surface area contributed by atoms with Gasteiger partial charge >= 0.3 is 0 Å². The predicted octanol–water partition coefficient (Wildman–Crippen LogP) is 1.78. The SMILES string of the molecule is CC(C)CCN(CC(=O)N1CCN(c2ccccc2F)CC1)S(C)(=O)=O. The van der Waals surface area contributed by atoms with Gasteiger partial charge in [-0.1, -0.05) is 26.0 Å². The molecular weight excluding hydrogens is 357 g/mol. The highest BCUT2D eigenvalue weighted by Crippen LogP contribution is 2.20. The molecule has 1 aromatic carbocycles. The summed E-state index contributed by atoms with van der Waals surface area (Å²) in [5.41, 5.74) is 0.536. The van der Waals surface area contributed by atoms with Crippen molar-refractivity contribution in [3.63, 3.8) is 0 Å². The summed E-state index contributed by atoms with van der Waals surface area (Å²) < 4.78 is 39.0. The highest BCUT2D eigenvalue weighted by Gasteiger charge is 2.26. The molecule has 2 rings (SSSR count). The van der Waals surface area contributed by atoms with Crippen LogP contribution in [0.15, 0.2) is 24.3 Å². The molecule has 8 heteroatoms. The lowest BCUT2D eigenvalue weighted by Crippen LogP contribution is -2.52. The van der Waals surface area contributed by atoms with Crippen molar-refractivity contribution in [2.75, 3.05) is 50.4 Å². The number of amides is 1. The van der Waals surface area contributed by atoms with Crippen molar-refractivity contribution in [3.8, 4) is 0 Å². The van der Waals surface area contributed by atoms with E-state index in [1.54, 1.807) is 23.1 Å². The van der Waals surface area contributed by atoms with Crippen molar-refractivity contribution in [3.05, 3.63) is 30.1 Å². The number of carbonyl (C=O) groups is 1. The van der Waals surface area contributed by atoms with Crippen LogP contribution in [0.3, 0.4) is 0 Å². The Kier molecular flexibility index (Phi) is 7.00. The van der Waals surface area contributed by atoms with Crippen LogP contribution in [0.25, 0.3) is 0 Å². The second-order valence-corrected chi connectivity index (χ2v) is 9.08. The number of piperazine rings is 1. The van der Waals surface area contributed by atoms with Crippen molar-refractivity contribution in [2.24, 2.45) is 5.92 Å². The molecule has 146 valence electrons. The van der Waals surface area contributed by atoms with Gasteiger partial charge in [-0.2, -0.15) is 4.31 Å². The largest absolute Gasteiger partial charge is 0.366 e. The molecule has 1 fully saturated rings. The van der Waals surface area contributed by atoms with Crippen molar-refractivity contribution in [2.45, 2.75) is 20.3 Å². The Labute approximate surface area is 155 Å². The first-order chi connectivity index (χ1) is 12.2. The van der Waals surface area contributed by atoms with E-state index in [0.717, 1.165) is 6.26 Å². The van der Waals surface area contributed by atoms with Gasteiger partial charge in [-0.3, -0.25) is 4.79 Å². The fourth-order valence-electron chi connectivity index (χ4n) is 2.92. The second kappa shape index (κ2) is 8.81. The predicted molar refractivity (Wildman–Crippen MR) is 101 cm³/mol. The van der Waals surface area contributed by atoms with E-state index >= 15 is 0 Å². The normalized spacial score (nSPS) is 15.8. The molecule has 6 nitrogen and oxygen atoms in total. The number of sulfonamides is 1. The molecule has 26 heavy (non-hydrogen) atoms. The molecule has 0 saturated carbocycles. The Bertz CT molecular complexity index is 716. The monoisotopic (exact) mass is 385 g/mol. The first-order valence-corrected chi connectivity index (χ1v) is 10.8. The van der Waals surface area contributed by atoms with Crippen LogP contribution >= 0.6 is 0 Å². The summed E-state index contributed by atoms with van der Waals surface area (Å²) in [6, 6.07) is 6.58. The number of halogens is 1. The van der Waals surface area contributed by atoms with Crippen molar-refractivity contribution >= 4 is 21.6 Å². The van der Waals surface area contributed by atoms with Gasteiger partial charge in [0, 0.05) is 32.7 Å². The molecule has 0 N–H and O–H groups in total. The minimum absolute atomic E-state index is 0.134. The highest BCUT2D eigenvalue weighted by molar-refractivity contribution is 7.88. The molecule has 1 aliphatic heterocycles. The fraction of sp³-hybridized carbons (Fsp3) is 0.611. The summed E-state index contributed by atoms with van der Waals surface area (Å²) in [6.07, 6.45) is 1.85. The molecule has 1 saturated heterocycles. The third kappa shape index (κ3) is 5.67. The Hall–Kier alpha value is -1.67. The van der Waals surface area contributed by atoms with E-state index < -0.39 is 10.0 Å². The first kappa shape index (κ1) is 20.6. The number of rotatable bonds is 7. The molecule has 0 spiro atoms. The average molecular weight is 386 g/mol. The summed E-state index contributed by atoms with van der Waals surface area (Å²) in [4.78, 5) is 16.1. The molecule has 0 atom stereocenters. The van der Waals surface area contributed by atoms with E-state index in [1.807, 2.05) is 18.7 Å². The summed E-state index contributed by atoms with van der Waals surface area (Å²) >= 11 is 0. The van der Waals surface area contributed by atoms with Crippen LogP contribution in [0, 0.1) is 11.7 Å². The van der Waals surface area contributed by atoms with Crippen LogP contribution in [0.5, 0.6) is 0 Å². The lowest BCUT2D eigenvalue weighted by molar-refractivity contribution is -0.131. The smallest absolute Gasteiger partial charge is 0.238 e. The molecule has 0 aliphatic carbocycles. The minimum atomic E-state index is -3.43. The van der Waals surface area contributed by atoms with Crippen molar-refractivity contribution in [1.82, 2.24) is 9.21 Å². The molecule has 1 aliphatic rings.